The Morgan fingerprint density at radius 3 is 2.44 bits per heavy atom. The van der Waals surface area contributed by atoms with Gasteiger partial charge in [-0.3, -0.25) is 0 Å². The summed E-state index contributed by atoms with van der Waals surface area (Å²) >= 11 is 0. The van der Waals surface area contributed by atoms with Gasteiger partial charge in [0.05, 0.1) is 5.60 Å². The Balaban J connectivity index is 2.31. The summed E-state index contributed by atoms with van der Waals surface area (Å²) in [5.74, 6) is 1.86. The first-order chi connectivity index (χ1) is 7.25. The Morgan fingerprint density at radius 1 is 1.19 bits per heavy atom. The van der Waals surface area contributed by atoms with Gasteiger partial charge in [-0.25, -0.2) is 0 Å². The van der Waals surface area contributed by atoms with Gasteiger partial charge in [0.2, 0.25) is 0 Å². The number of hydrogen-bond donors (Lipinski definition) is 1. The van der Waals surface area contributed by atoms with Crippen molar-refractivity contribution >= 4 is 0 Å². The molecule has 2 aliphatic carbocycles. The van der Waals surface area contributed by atoms with Crippen LogP contribution in [0, 0.1) is 23.2 Å². The zero-order valence-corrected chi connectivity index (χ0v) is 11.4. The lowest BCUT2D eigenvalue weighted by molar-refractivity contribution is -0.0424. The second-order valence-electron chi connectivity index (χ2n) is 6.96. The maximum absolute atomic E-state index is 10.4. The lowest BCUT2D eigenvalue weighted by Crippen LogP contribution is -2.46. The molecule has 4 unspecified atom stereocenters. The van der Waals surface area contributed by atoms with Gasteiger partial charge < -0.3 is 5.11 Å². The lowest BCUT2D eigenvalue weighted by Gasteiger charge is -2.51. The minimum absolute atomic E-state index is 0.398. The van der Waals surface area contributed by atoms with Gasteiger partial charge in [-0.15, -0.1) is 0 Å². The van der Waals surface area contributed by atoms with Crippen molar-refractivity contribution in [2.45, 2.75) is 59.5 Å². The third kappa shape index (κ3) is 1.73. The summed E-state index contributed by atoms with van der Waals surface area (Å²) in [5.41, 5.74) is 1.43. The number of hydrogen-bond acceptors (Lipinski definition) is 1. The van der Waals surface area contributed by atoms with E-state index >= 15 is 0 Å². The minimum atomic E-state index is -0.487. The quantitative estimate of drug-likeness (QED) is 0.618. The molecule has 2 rings (SSSR count). The normalized spacial score (nSPS) is 47.1. The molecule has 0 aromatic heterocycles. The molecule has 0 aromatic rings. The van der Waals surface area contributed by atoms with Crippen LogP contribution in [0.3, 0.4) is 0 Å². The van der Waals surface area contributed by atoms with Gasteiger partial charge in [-0.2, -0.15) is 0 Å². The molecule has 1 saturated carbocycles. The molecular formula is C15H26O. The molecule has 0 heterocycles. The van der Waals surface area contributed by atoms with Crippen molar-refractivity contribution in [3.63, 3.8) is 0 Å². The minimum Gasteiger partial charge on any atom is -0.390 e. The molecule has 1 N–H and O–H groups in total. The van der Waals surface area contributed by atoms with E-state index in [-0.39, 0.29) is 0 Å². The average molecular weight is 222 g/mol. The molecule has 0 aliphatic heterocycles. The van der Waals surface area contributed by atoms with E-state index in [0.717, 1.165) is 18.8 Å². The molecule has 0 aromatic carbocycles. The van der Waals surface area contributed by atoms with Crippen LogP contribution in [0.5, 0.6) is 0 Å². The van der Waals surface area contributed by atoms with Crippen LogP contribution in [0.25, 0.3) is 0 Å². The molecule has 0 spiro atoms. The van der Waals surface area contributed by atoms with E-state index in [1.54, 1.807) is 0 Å². The molecule has 0 saturated heterocycles. The maximum atomic E-state index is 10.4. The molecule has 0 bridgehead atoms. The number of rotatable bonds is 0. The summed E-state index contributed by atoms with van der Waals surface area (Å²) in [6.07, 6.45) is 5.62. The topological polar surface area (TPSA) is 20.2 Å². The molecule has 16 heavy (non-hydrogen) atoms. The SMILES string of the molecule is CC1CC2C(=CCC(C)C2(C)C)CC1(C)O. The largest absolute Gasteiger partial charge is 0.390 e. The maximum Gasteiger partial charge on any atom is 0.0682 e. The molecule has 4 atom stereocenters. The molecule has 1 heteroatoms. The van der Waals surface area contributed by atoms with Crippen molar-refractivity contribution in [2.24, 2.45) is 23.2 Å². The highest BCUT2D eigenvalue weighted by Gasteiger charge is 2.47. The van der Waals surface area contributed by atoms with Crippen molar-refractivity contribution in [2.75, 3.05) is 0 Å². The highest BCUT2D eigenvalue weighted by atomic mass is 16.3. The summed E-state index contributed by atoms with van der Waals surface area (Å²) in [5, 5.41) is 10.4. The van der Waals surface area contributed by atoms with Crippen molar-refractivity contribution < 1.29 is 5.11 Å². The second-order valence-corrected chi connectivity index (χ2v) is 6.96. The third-order valence-electron chi connectivity index (χ3n) is 5.56. The van der Waals surface area contributed by atoms with Gasteiger partial charge in [-0.05, 0) is 49.4 Å². The van der Waals surface area contributed by atoms with Gasteiger partial charge in [0.15, 0.2) is 0 Å². The van der Waals surface area contributed by atoms with Crippen LogP contribution < -0.4 is 0 Å². The zero-order valence-electron chi connectivity index (χ0n) is 11.4. The Labute approximate surface area is 99.9 Å². The van der Waals surface area contributed by atoms with Gasteiger partial charge >= 0.3 is 0 Å². The van der Waals surface area contributed by atoms with Gasteiger partial charge in [0, 0.05) is 0 Å². The highest BCUT2D eigenvalue weighted by molar-refractivity contribution is 5.21. The van der Waals surface area contributed by atoms with E-state index in [0.29, 0.717) is 17.3 Å². The number of allylic oxidation sites excluding steroid dienone is 1. The van der Waals surface area contributed by atoms with Crippen molar-refractivity contribution in [3.8, 4) is 0 Å². The second kappa shape index (κ2) is 3.60. The van der Waals surface area contributed by atoms with Gasteiger partial charge in [-0.1, -0.05) is 39.3 Å². The van der Waals surface area contributed by atoms with E-state index in [1.165, 1.54) is 12.0 Å². The summed E-state index contributed by atoms with van der Waals surface area (Å²) in [7, 11) is 0. The predicted molar refractivity (Wildman–Crippen MR) is 68.2 cm³/mol. The Morgan fingerprint density at radius 2 is 1.81 bits per heavy atom. The Hall–Kier alpha value is -0.300. The standard InChI is InChI=1S/C15H26O/c1-10-6-7-12-9-15(5,16)11(2)8-13(12)14(10,3)4/h7,10-11,13,16H,6,8-9H2,1-5H3. The molecule has 1 fully saturated rings. The zero-order chi connectivity index (χ0) is 12.1. The molecule has 2 aliphatic rings. The van der Waals surface area contributed by atoms with Crippen LogP contribution in [0.2, 0.25) is 0 Å². The summed E-state index contributed by atoms with van der Waals surface area (Å²) < 4.78 is 0. The van der Waals surface area contributed by atoms with E-state index in [9.17, 15) is 5.11 Å². The monoisotopic (exact) mass is 222 g/mol. The number of fused-ring (bicyclic) bond motifs is 1. The first-order valence-corrected chi connectivity index (χ1v) is 6.66. The Kier molecular flexibility index (Phi) is 2.73. The predicted octanol–water partition coefficient (Wildman–Crippen LogP) is 3.78. The molecule has 92 valence electrons. The van der Waals surface area contributed by atoms with Crippen LogP contribution in [0.4, 0.5) is 0 Å². The summed E-state index contributed by atoms with van der Waals surface area (Å²) in [4.78, 5) is 0. The van der Waals surface area contributed by atoms with Crippen molar-refractivity contribution in [1.82, 2.24) is 0 Å². The van der Waals surface area contributed by atoms with Gasteiger partial charge in [0.25, 0.3) is 0 Å². The van der Waals surface area contributed by atoms with E-state index in [1.807, 2.05) is 6.92 Å². The fraction of sp³-hybridized carbons (Fsp3) is 0.867. The van der Waals surface area contributed by atoms with Crippen LogP contribution in [0.15, 0.2) is 11.6 Å². The Bertz CT molecular complexity index is 311. The van der Waals surface area contributed by atoms with Crippen LogP contribution in [-0.4, -0.2) is 10.7 Å². The third-order valence-corrected chi connectivity index (χ3v) is 5.56. The van der Waals surface area contributed by atoms with E-state index in [2.05, 4.69) is 33.8 Å². The van der Waals surface area contributed by atoms with Crippen molar-refractivity contribution in [1.29, 1.82) is 0 Å². The smallest absolute Gasteiger partial charge is 0.0682 e. The van der Waals surface area contributed by atoms with Crippen LogP contribution in [-0.2, 0) is 0 Å². The molecule has 0 radical (unpaired) electrons. The molecular weight excluding hydrogens is 196 g/mol. The van der Waals surface area contributed by atoms with Crippen LogP contribution >= 0.6 is 0 Å². The number of aliphatic hydroxyl groups is 1. The molecule has 1 nitrogen and oxygen atoms in total. The summed E-state index contributed by atoms with van der Waals surface area (Å²) in [6.45, 7) is 11.4. The average Bonchev–Trinajstić information content (AvgIpc) is 2.16. The fourth-order valence-electron chi connectivity index (χ4n) is 3.44. The fourth-order valence-corrected chi connectivity index (χ4v) is 3.44. The molecule has 0 amide bonds. The van der Waals surface area contributed by atoms with Gasteiger partial charge in [0.1, 0.15) is 0 Å². The first-order valence-electron chi connectivity index (χ1n) is 6.66. The lowest BCUT2D eigenvalue weighted by atomic mass is 9.55. The summed E-state index contributed by atoms with van der Waals surface area (Å²) in [6, 6.07) is 0. The first kappa shape index (κ1) is 12.2. The van der Waals surface area contributed by atoms with E-state index in [4.69, 9.17) is 0 Å². The highest BCUT2D eigenvalue weighted by Crippen LogP contribution is 2.53. The van der Waals surface area contributed by atoms with Crippen molar-refractivity contribution in [3.05, 3.63) is 11.6 Å². The van der Waals surface area contributed by atoms with Crippen LogP contribution in [0.1, 0.15) is 53.9 Å². The van der Waals surface area contributed by atoms with E-state index < -0.39 is 5.60 Å².